The summed E-state index contributed by atoms with van der Waals surface area (Å²) in [7, 11) is 1.61. The molecular weight excluding hydrogens is 356 g/mol. The predicted octanol–water partition coefficient (Wildman–Crippen LogP) is 3.51. The summed E-state index contributed by atoms with van der Waals surface area (Å²) >= 11 is 0. The summed E-state index contributed by atoms with van der Waals surface area (Å²) in [5, 5.41) is 15.1. The zero-order valence-corrected chi connectivity index (χ0v) is 14.8. The second-order valence-electron chi connectivity index (χ2n) is 6.43. The molecule has 8 heteroatoms. The molecule has 0 saturated carbocycles. The van der Waals surface area contributed by atoms with Gasteiger partial charge in [0.05, 0.1) is 19.2 Å². The molecule has 0 radical (unpaired) electrons. The Hall–Kier alpha value is -3.99. The number of aromatic amines is 1. The second-order valence-corrected chi connectivity index (χ2v) is 6.43. The van der Waals surface area contributed by atoms with E-state index in [1.807, 2.05) is 42.5 Å². The van der Waals surface area contributed by atoms with Crippen LogP contribution in [0.1, 0.15) is 22.6 Å². The second kappa shape index (κ2) is 6.32. The smallest absolute Gasteiger partial charge is 0.276 e. The Kier molecular flexibility index (Phi) is 3.66. The minimum absolute atomic E-state index is 0.305. The fraction of sp³-hybridized carbons (Fsp3) is 0.150. The van der Waals surface area contributed by atoms with Gasteiger partial charge < -0.3 is 9.58 Å². The van der Waals surface area contributed by atoms with Crippen LogP contribution in [-0.2, 0) is 0 Å². The average molecular weight is 370 g/mol. The van der Waals surface area contributed by atoms with Gasteiger partial charge in [-0.3, -0.25) is 5.10 Å². The molecule has 0 aliphatic carbocycles. The third kappa shape index (κ3) is 2.37. The van der Waals surface area contributed by atoms with Crippen molar-refractivity contribution in [3.8, 4) is 5.75 Å². The first-order valence-corrected chi connectivity index (χ1v) is 8.64. The number of hydrogen-bond acceptors (Lipinski definition) is 6. The summed E-state index contributed by atoms with van der Waals surface area (Å²) in [5.74, 6) is 1.04. The van der Waals surface area contributed by atoms with Crippen molar-refractivity contribution in [2.24, 2.45) is 4.99 Å². The molecule has 1 N–H and O–H groups in total. The molecule has 136 valence electrons. The van der Waals surface area contributed by atoms with E-state index in [9.17, 15) is 0 Å². The molecule has 2 unspecified atom stereocenters. The Morgan fingerprint density at radius 2 is 2.04 bits per heavy atom. The lowest BCUT2D eigenvalue weighted by atomic mass is 9.80. The highest BCUT2D eigenvalue weighted by molar-refractivity contribution is 6.09. The van der Waals surface area contributed by atoms with Crippen LogP contribution in [0.3, 0.4) is 0 Å². The Balaban J connectivity index is 1.74. The molecule has 0 bridgehead atoms. The molecule has 2 aromatic carbocycles. The SMILES string of the molecule is [C-]#[N+]C1C(c2cccc(OC)c2)=Nc2[nH]ncc2C1c1cccc2nonc12. The van der Waals surface area contributed by atoms with Gasteiger partial charge in [-0.15, -0.1) is 0 Å². The largest absolute Gasteiger partial charge is 0.497 e. The Morgan fingerprint density at radius 1 is 1.14 bits per heavy atom. The van der Waals surface area contributed by atoms with E-state index in [-0.39, 0.29) is 5.92 Å². The van der Waals surface area contributed by atoms with Crippen molar-refractivity contribution in [1.29, 1.82) is 0 Å². The maximum absolute atomic E-state index is 7.94. The number of benzene rings is 2. The van der Waals surface area contributed by atoms with Gasteiger partial charge in [0.15, 0.2) is 5.82 Å². The van der Waals surface area contributed by atoms with Crippen molar-refractivity contribution >= 4 is 22.6 Å². The highest BCUT2D eigenvalue weighted by Gasteiger charge is 2.42. The van der Waals surface area contributed by atoms with E-state index in [1.165, 1.54) is 0 Å². The van der Waals surface area contributed by atoms with Crippen LogP contribution in [0.4, 0.5) is 5.82 Å². The number of aliphatic imine (C=N–C) groups is 1. The minimum atomic E-state index is -0.556. The summed E-state index contributed by atoms with van der Waals surface area (Å²) in [4.78, 5) is 8.66. The fourth-order valence-electron chi connectivity index (χ4n) is 3.69. The highest BCUT2D eigenvalue weighted by Crippen LogP contribution is 2.42. The number of ether oxygens (including phenoxy) is 1. The van der Waals surface area contributed by atoms with Crippen molar-refractivity contribution in [3.05, 3.63) is 76.8 Å². The lowest BCUT2D eigenvalue weighted by molar-refractivity contribution is 0.315. The first-order valence-electron chi connectivity index (χ1n) is 8.64. The number of fused-ring (bicyclic) bond motifs is 2. The van der Waals surface area contributed by atoms with E-state index < -0.39 is 6.04 Å². The van der Waals surface area contributed by atoms with Crippen molar-refractivity contribution in [3.63, 3.8) is 0 Å². The van der Waals surface area contributed by atoms with Crippen molar-refractivity contribution < 1.29 is 9.37 Å². The summed E-state index contributed by atoms with van der Waals surface area (Å²) < 4.78 is 10.3. The number of hydrogen-bond donors (Lipinski definition) is 1. The first kappa shape index (κ1) is 16.2. The van der Waals surface area contributed by atoms with Gasteiger partial charge in [-0.05, 0) is 34.1 Å². The van der Waals surface area contributed by atoms with Crippen LogP contribution >= 0.6 is 0 Å². The maximum Gasteiger partial charge on any atom is 0.276 e. The molecule has 0 spiro atoms. The number of methoxy groups -OCH3 is 1. The highest BCUT2D eigenvalue weighted by atomic mass is 16.6. The zero-order chi connectivity index (χ0) is 19.1. The van der Waals surface area contributed by atoms with E-state index in [4.69, 9.17) is 20.9 Å². The van der Waals surface area contributed by atoms with Gasteiger partial charge >= 0.3 is 0 Å². The molecular formula is C20H14N6O2. The fourth-order valence-corrected chi connectivity index (χ4v) is 3.69. The van der Waals surface area contributed by atoms with Crippen molar-refractivity contribution in [2.75, 3.05) is 7.11 Å². The van der Waals surface area contributed by atoms with E-state index in [0.717, 1.165) is 16.7 Å². The maximum atomic E-state index is 7.94. The van der Waals surface area contributed by atoms with Crippen LogP contribution in [0.25, 0.3) is 15.9 Å². The number of H-pyrrole nitrogens is 1. The van der Waals surface area contributed by atoms with E-state index in [2.05, 4.69) is 25.4 Å². The summed E-state index contributed by atoms with van der Waals surface area (Å²) in [6, 6.07) is 12.7. The lowest BCUT2D eigenvalue weighted by Gasteiger charge is -2.24. The molecule has 2 aromatic heterocycles. The third-order valence-electron chi connectivity index (χ3n) is 4.97. The molecule has 8 nitrogen and oxygen atoms in total. The van der Waals surface area contributed by atoms with Crippen LogP contribution in [-0.4, -0.2) is 39.4 Å². The normalized spacial score (nSPS) is 18.4. The zero-order valence-electron chi connectivity index (χ0n) is 14.8. The topological polar surface area (TPSA) is 93.5 Å². The average Bonchev–Trinajstić information content (AvgIpc) is 3.41. The molecule has 2 atom stereocenters. The van der Waals surface area contributed by atoms with Gasteiger partial charge in [-0.1, -0.05) is 24.3 Å². The summed E-state index contributed by atoms with van der Waals surface area (Å²) in [6.07, 6.45) is 1.72. The van der Waals surface area contributed by atoms with Crippen molar-refractivity contribution in [2.45, 2.75) is 12.0 Å². The van der Waals surface area contributed by atoms with Gasteiger partial charge in [0.25, 0.3) is 6.04 Å². The van der Waals surface area contributed by atoms with Gasteiger partial charge in [0, 0.05) is 11.1 Å². The molecule has 5 rings (SSSR count). The van der Waals surface area contributed by atoms with Gasteiger partial charge in [0.1, 0.15) is 22.5 Å². The number of aromatic nitrogens is 4. The Morgan fingerprint density at radius 3 is 2.89 bits per heavy atom. The van der Waals surface area contributed by atoms with E-state index in [0.29, 0.717) is 28.3 Å². The lowest BCUT2D eigenvalue weighted by Crippen LogP contribution is -2.29. The van der Waals surface area contributed by atoms with Crippen LogP contribution in [0.15, 0.2) is 58.3 Å². The quantitative estimate of drug-likeness (QED) is 0.557. The van der Waals surface area contributed by atoms with Gasteiger partial charge in [-0.2, -0.15) is 5.10 Å². The number of nitrogens with zero attached hydrogens (tertiary/aromatic N) is 5. The van der Waals surface area contributed by atoms with Crippen LogP contribution in [0.2, 0.25) is 0 Å². The van der Waals surface area contributed by atoms with E-state index >= 15 is 0 Å². The third-order valence-corrected chi connectivity index (χ3v) is 4.97. The van der Waals surface area contributed by atoms with Gasteiger partial charge in [0.2, 0.25) is 0 Å². The summed E-state index contributed by atoms with van der Waals surface area (Å²) in [5.41, 5.74) is 4.48. The van der Waals surface area contributed by atoms with Crippen LogP contribution < -0.4 is 4.74 Å². The molecule has 0 amide bonds. The molecule has 0 saturated heterocycles. The number of nitrogens with one attached hydrogen (secondary N) is 1. The van der Waals surface area contributed by atoms with E-state index in [1.54, 1.807) is 13.3 Å². The number of rotatable bonds is 3. The molecule has 1 aliphatic heterocycles. The molecule has 4 aromatic rings. The molecule has 0 fully saturated rings. The van der Waals surface area contributed by atoms with Crippen molar-refractivity contribution in [1.82, 2.24) is 20.5 Å². The molecule has 3 heterocycles. The Labute approximate surface area is 159 Å². The predicted molar refractivity (Wildman–Crippen MR) is 102 cm³/mol. The molecule has 1 aliphatic rings. The monoisotopic (exact) mass is 370 g/mol. The van der Waals surface area contributed by atoms with Crippen LogP contribution in [0.5, 0.6) is 5.75 Å². The standard InChI is InChI=1S/C20H14N6O2/c1-21-19-16(13-7-4-8-15-18(13)26-28-25-15)14-10-22-24-20(14)23-17(19)11-5-3-6-12(9-11)27-2/h3-10,16,19H,2H3,(H,22,24). The Bertz CT molecular complexity index is 1250. The molecule has 28 heavy (non-hydrogen) atoms. The minimum Gasteiger partial charge on any atom is -0.497 e. The van der Waals surface area contributed by atoms with Gasteiger partial charge in [-0.25, -0.2) is 16.2 Å². The first-order chi connectivity index (χ1) is 13.8. The summed E-state index contributed by atoms with van der Waals surface area (Å²) in [6.45, 7) is 7.94. The van der Waals surface area contributed by atoms with Crippen LogP contribution in [0, 0.1) is 6.57 Å².